The van der Waals surface area contributed by atoms with E-state index >= 15 is 0 Å². The second-order valence-electron chi connectivity index (χ2n) is 3.72. The van der Waals surface area contributed by atoms with Gasteiger partial charge in [0.05, 0.1) is 6.61 Å². The van der Waals surface area contributed by atoms with Gasteiger partial charge in [0, 0.05) is 18.7 Å². The molecule has 0 amide bonds. The van der Waals surface area contributed by atoms with E-state index in [1.807, 2.05) is 31.2 Å². The number of nitrogen functional groups attached to an aromatic ring is 1. The van der Waals surface area contributed by atoms with Gasteiger partial charge in [-0.1, -0.05) is 0 Å². The van der Waals surface area contributed by atoms with Crippen LogP contribution >= 0.6 is 0 Å². The Balaban J connectivity index is 1.73. The van der Waals surface area contributed by atoms with Crippen LogP contribution in [0.3, 0.4) is 0 Å². The maximum atomic E-state index is 5.58. The van der Waals surface area contributed by atoms with Crippen molar-refractivity contribution in [2.45, 2.75) is 19.9 Å². The van der Waals surface area contributed by atoms with E-state index in [2.05, 4.69) is 15.5 Å². The maximum Gasteiger partial charge on any atom is 0.148 e. The van der Waals surface area contributed by atoms with Gasteiger partial charge in [0.25, 0.3) is 0 Å². The van der Waals surface area contributed by atoms with Crippen LogP contribution in [0.25, 0.3) is 0 Å². The van der Waals surface area contributed by atoms with Gasteiger partial charge in [-0.15, -0.1) is 5.10 Å². The number of tetrazole rings is 1. The van der Waals surface area contributed by atoms with Gasteiger partial charge in [0.2, 0.25) is 0 Å². The molecule has 0 unspecified atom stereocenters. The van der Waals surface area contributed by atoms with Crippen molar-refractivity contribution in [3.05, 3.63) is 30.1 Å². The lowest BCUT2D eigenvalue weighted by Crippen LogP contribution is -2.07. The Hall–Kier alpha value is -2.11. The van der Waals surface area contributed by atoms with Gasteiger partial charge in [-0.05, 0) is 41.6 Å². The average molecular weight is 233 g/mol. The highest BCUT2D eigenvalue weighted by molar-refractivity contribution is 5.41. The molecule has 17 heavy (non-hydrogen) atoms. The molecular formula is C11H15N5O. The second-order valence-corrected chi connectivity index (χ2v) is 3.72. The van der Waals surface area contributed by atoms with E-state index in [1.54, 1.807) is 4.68 Å². The summed E-state index contributed by atoms with van der Waals surface area (Å²) < 4.78 is 7.32. The van der Waals surface area contributed by atoms with Crippen molar-refractivity contribution in [1.29, 1.82) is 0 Å². The molecule has 90 valence electrons. The zero-order valence-electron chi connectivity index (χ0n) is 9.71. The summed E-state index contributed by atoms with van der Waals surface area (Å²) in [5.74, 6) is 1.64. The fraction of sp³-hybridized carbons (Fsp3) is 0.364. The Morgan fingerprint density at radius 2 is 2.06 bits per heavy atom. The van der Waals surface area contributed by atoms with Crippen LogP contribution in [0.1, 0.15) is 12.2 Å². The number of hydrogen-bond acceptors (Lipinski definition) is 5. The van der Waals surface area contributed by atoms with Crippen molar-refractivity contribution < 1.29 is 4.74 Å². The van der Waals surface area contributed by atoms with E-state index in [-0.39, 0.29) is 0 Å². The van der Waals surface area contributed by atoms with Crippen LogP contribution in [-0.2, 0) is 6.54 Å². The number of anilines is 1. The molecule has 0 spiro atoms. The first kappa shape index (κ1) is 11.4. The van der Waals surface area contributed by atoms with Crippen LogP contribution < -0.4 is 10.5 Å². The molecule has 2 rings (SSSR count). The number of aromatic nitrogens is 4. The number of hydrogen-bond donors (Lipinski definition) is 1. The first-order chi connectivity index (χ1) is 8.25. The van der Waals surface area contributed by atoms with Crippen LogP contribution in [0.4, 0.5) is 5.69 Å². The third-order valence-electron chi connectivity index (χ3n) is 2.37. The summed E-state index contributed by atoms with van der Waals surface area (Å²) in [6.45, 7) is 3.26. The summed E-state index contributed by atoms with van der Waals surface area (Å²) in [5, 5.41) is 11.2. The largest absolute Gasteiger partial charge is 0.494 e. The predicted molar refractivity (Wildman–Crippen MR) is 63.5 cm³/mol. The second kappa shape index (κ2) is 5.29. The molecule has 0 radical (unpaired) electrons. The Bertz CT molecular complexity index is 465. The molecule has 0 saturated carbocycles. The molecule has 2 N–H and O–H groups in total. The Kier molecular flexibility index (Phi) is 3.54. The quantitative estimate of drug-likeness (QED) is 0.616. The Morgan fingerprint density at radius 1 is 1.29 bits per heavy atom. The number of nitrogens with zero attached hydrogens (tertiary/aromatic N) is 4. The van der Waals surface area contributed by atoms with Gasteiger partial charge < -0.3 is 10.5 Å². The fourth-order valence-electron chi connectivity index (χ4n) is 1.42. The summed E-state index contributed by atoms with van der Waals surface area (Å²) in [6, 6.07) is 7.36. The molecule has 1 aromatic heterocycles. The molecule has 0 aliphatic heterocycles. The summed E-state index contributed by atoms with van der Waals surface area (Å²) in [4.78, 5) is 0. The van der Waals surface area contributed by atoms with Gasteiger partial charge >= 0.3 is 0 Å². The molecule has 1 heterocycles. The number of ether oxygens (including phenoxy) is 1. The summed E-state index contributed by atoms with van der Waals surface area (Å²) in [6.07, 6.45) is 0.857. The molecule has 6 nitrogen and oxygen atoms in total. The summed E-state index contributed by atoms with van der Waals surface area (Å²) in [5.41, 5.74) is 6.32. The van der Waals surface area contributed by atoms with Gasteiger partial charge in [-0.2, -0.15) is 0 Å². The average Bonchev–Trinajstić information content (AvgIpc) is 2.73. The standard InChI is InChI=1S/C11H15N5O/c1-9-13-14-15-16(9)7-2-8-17-11-5-3-10(12)4-6-11/h3-6H,2,7-8,12H2,1H3. The predicted octanol–water partition coefficient (Wildman–Crippen LogP) is 1.03. The van der Waals surface area contributed by atoms with Crippen molar-refractivity contribution in [3.63, 3.8) is 0 Å². The van der Waals surface area contributed by atoms with Crippen molar-refractivity contribution in [1.82, 2.24) is 20.2 Å². The molecule has 2 aromatic rings. The van der Waals surface area contributed by atoms with Gasteiger partial charge in [0.1, 0.15) is 11.6 Å². The van der Waals surface area contributed by atoms with Crippen molar-refractivity contribution in [2.75, 3.05) is 12.3 Å². The third kappa shape index (κ3) is 3.17. The van der Waals surface area contributed by atoms with Crippen LogP contribution in [0.2, 0.25) is 0 Å². The zero-order chi connectivity index (χ0) is 12.1. The Morgan fingerprint density at radius 3 is 2.71 bits per heavy atom. The minimum atomic E-state index is 0.628. The number of rotatable bonds is 5. The third-order valence-corrected chi connectivity index (χ3v) is 2.37. The van der Waals surface area contributed by atoms with Crippen LogP contribution in [0.5, 0.6) is 5.75 Å². The smallest absolute Gasteiger partial charge is 0.148 e. The van der Waals surface area contributed by atoms with Gasteiger partial charge in [-0.25, -0.2) is 4.68 Å². The monoisotopic (exact) mass is 233 g/mol. The summed E-state index contributed by atoms with van der Waals surface area (Å²) >= 11 is 0. The van der Waals surface area contributed by atoms with E-state index in [9.17, 15) is 0 Å². The SMILES string of the molecule is Cc1nnnn1CCCOc1ccc(N)cc1. The molecule has 0 aliphatic carbocycles. The normalized spacial score (nSPS) is 10.4. The molecule has 0 atom stereocenters. The van der Waals surface area contributed by atoms with E-state index in [1.165, 1.54) is 0 Å². The molecule has 1 aromatic carbocycles. The molecular weight excluding hydrogens is 218 g/mol. The number of nitrogens with two attached hydrogens (primary N) is 1. The molecule has 0 saturated heterocycles. The lowest BCUT2D eigenvalue weighted by Gasteiger charge is -2.06. The van der Waals surface area contributed by atoms with Crippen molar-refractivity contribution >= 4 is 5.69 Å². The topological polar surface area (TPSA) is 78.8 Å². The van der Waals surface area contributed by atoms with E-state index in [0.717, 1.165) is 30.2 Å². The van der Waals surface area contributed by atoms with E-state index in [0.29, 0.717) is 6.61 Å². The first-order valence-electron chi connectivity index (χ1n) is 5.47. The number of benzene rings is 1. The van der Waals surface area contributed by atoms with Crippen molar-refractivity contribution in [3.8, 4) is 5.75 Å². The molecule has 0 fully saturated rings. The highest BCUT2D eigenvalue weighted by Crippen LogP contribution is 2.13. The van der Waals surface area contributed by atoms with Crippen LogP contribution in [0, 0.1) is 6.92 Å². The van der Waals surface area contributed by atoms with Gasteiger partial charge in [-0.3, -0.25) is 0 Å². The molecule has 0 bridgehead atoms. The lowest BCUT2D eigenvalue weighted by atomic mass is 10.3. The molecule has 0 aliphatic rings. The number of aryl methyl sites for hydroxylation is 2. The highest BCUT2D eigenvalue weighted by atomic mass is 16.5. The highest BCUT2D eigenvalue weighted by Gasteiger charge is 1.99. The first-order valence-corrected chi connectivity index (χ1v) is 5.47. The Labute approximate surface area is 99.4 Å². The van der Waals surface area contributed by atoms with Crippen molar-refractivity contribution in [2.24, 2.45) is 0 Å². The minimum absolute atomic E-state index is 0.628. The van der Waals surface area contributed by atoms with Crippen LogP contribution in [-0.4, -0.2) is 26.8 Å². The lowest BCUT2D eigenvalue weighted by molar-refractivity contribution is 0.297. The fourth-order valence-corrected chi connectivity index (χ4v) is 1.42. The zero-order valence-corrected chi connectivity index (χ0v) is 9.71. The molecule has 6 heteroatoms. The van der Waals surface area contributed by atoms with E-state index in [4.69, 9.17) is 10.5 Å². The summed E-state index contributed by atoms with van der Waals surface area (Å²) in [7, 11) is 0. The minimum Gasteiger partial charge on any atom is -0.494 e. The maximum absolute atomic E-state index is 5.58. The van der Waals surface area contributed by atoms with E-state index < -0.39 is 0 Å². The van der Waals surface area contributed by atoms with Gasteiger partial charge in [0.15, 0.2) is 0 Å². The van der Waals surface area contributed by atoms with Crippen LogP contribution in [0.15, 0.2) is 24.3 Å².